The van der Waals surface area contributed by atoms with Gasteiger partial charge in [0.15, 0.2) is 17.0 Å². The van der Waals surface area contributed by atoms with Crippen molar-refractivity contribution in [2.24, 2.45) is 7.05 Å². The smallest absolute Gasteiger partial charge is 0.258 e. The Hall–Kier alpha value is -4.60. The molecule has 0 unspecified atom stereocenters. The second-order valence-electron chi connectivity index (χ2n) is 7.79. The number of aryl methyl sites for hydroxylation is 1. The van der Waals surface area contributed by atoms with Gasteiger partial charge in [0.25, 0.3) is 5.91 Å². The molecule has 170 valence electrons. The zero-order valence-corrected chi connectivity index (χ0v) is 18.3. The number of nitrogen functional groups attached to an aromatic ring is 1. The molecule has 3 aromatic heterocycles. The molecule has 0 bridgehead atoms. The van der Waals surface area contributed by atoms with Crippen LogP contribution in [0.3, 0.4) is 0 Å². The van der Waals surface area contributed by atoms with E-state index in [2.05, 4.69) is 25.4 Å². The highest BCUT2D eigenvalue weighted by molar-refractivity contribution is 5.95. The molecule has 0 saturated carbocycles. The molecule has 2 aromatic carbocycles. The Morgan fingerprint density at radius 1 is 1.03 bits per heavy atom. The van der Waals surface area contributed by atoms with Crippen molar-refractivity contribution in [3.05, 3.63) is 95.6 Å². The third-order valence-electron chi connectivity index (χ3n) is 5.59. The number of aromatic nitrogens is 6. The van der Waals surface area contributed by atoms with Crippen molar-refractivity contribution >= 4 is 22.9 Å². The molecule has 0 saturated heterocycles. The molecule has 0 spiro atoms. The first-order chi connectivity index (χ1) is 16.5. The number of rotatable bonds is 6. The Morgan fingerprint density at radius 2 is 1.79 bits per heavy atom. The zero-order valence-electron chi connectivity index (χ0n) is 18.3. The average molecular weight is 456 g/mol. The molecule has 0 aliphatic rings. The maximum atomic E-state index is 14.5. The maximum Gasteiger partial charge on any atom is 0.258 e. The van der Waals surface area contributed by atoms with Crippen LogP contribution >= 0.6 is 0 Å². The molecule has 5 rings (SSSR count). The van der Waals surface area contributed by atoms with Gasteiger partial charge in [-0.25, -0.2) is 15.0 Å². The van der Waals surface area contributed by atoms with Gasteiger partial charge in [0.05, 0.1) is 5.69 Å². The van der Waals surface area contributed by atoms with Crippen molar-refractivity contribution in [1.82, 2.24) is 34.6 Å². The quantitative estimate of drug-likeness (QED) is 0.406. The number of fused-ring (bicyclic) bond motifs is 1. The molecule has 3 N–H and O–H groups in total. The van der Waals surface area contributed by atoms with E-state index in [-0.39, 0.29) is 12.1 Å². The Morgan fingerprint density at radius 3 is 2.56 bits per heavy atom. The number of anilines is 1. The van der Waals surface area contributed by atoms with Crippen LogP contribution in [0.2, 0.25) is 0 Å². The van der Waals surface area contributed by atoms with Gasteiger partial charge in [0.1, 0.15) is 18.2 Å². The lowest BCUT2D eigenvalue weighted by atomic mass is 10.1. The van der Waals surface area contributed by atoms with Gasteiger partial charge in [-0.15, -0.1) is 5.10 Å². The van der Waals surface area contributed by atoms with Crippen molar-refractivity contribution in [2.45, 2.75) is 13.0 Å². The molecule has 0 radical (unpaired) electrons. The van der Waals surface area contributed by atoms with Crippen molar-refractivity contribution in [1.29, 1.82) is 0 Å². The SMILES string of the molecule is Cn1nc(F)c(C(=O)NCc2ccc(-n3cnc4c(N)ncnc43)cc2)c1Cc1ccccc1. The lowest BCUT2D eigenvalue weighted by Crippen LogP contribution is -2.24. The molecule has 9 nitrogen and oxygen atoms in total. The predicted octanol–water partition coefficient (Wildman–Crippen LogP) is 2.79. The highest BCUT2D eigenvalue weighted by Gasteiger charge is 2.23. The van der Waals surface area contributed by atoms with E-state index >= 15 is 0 Å². The third-order valence-corrected chi connectivity index (χ3v) is 5.59. The van der Waals surface area contributed by atoms with Crippen molar-refractivity contribution in [2.75, 3.05) is 5.73 Å². The Bertz CT molecular complexity index is 1470. The van der Waals surface area contributed by atoms with Crippen LogP contribution in [-0.4, -0.2) is 35.2 Å². The van der Waals surface area contributed by atoms with Crippen molar-refractivity contribution in [3.8, 4) is 5.69 Å². The van der Waals surface area contributed by atoms with Gasteiger partial charge >= 0.3 is 0 Å². The highest BCUT2D eigenvalue weighted by Crippen LogP contribution is 2.20. The van der Waals surface area contributed by atoms with Crippen LogP contribution in [0, 0.1) is 5.95 Å². The van der Waals surface area contributed by atoms with Gasteiger partial charge in [-0.1, -0.05) is 42.5 Å². The van der Waals surface area contributed by atoms with Crippen LogP contribution in [0.15, 0.2) is 67.3 Å². The van der Waals surface area contributed by atoms with Gasteiger partial charge in [-0.2, -0.15) is 4.39 Å². The summed E-state index contributed by atoms with van der Waals surface area (Å²) in [5, 5.41) is 6.61. The summed E-state index contributed by atoms with van der Waals surface area (Å²) in [5.74, 6) is -0.972. The summed E-state index contributed by atoms with van der Waals surface area (Å²) in [4.78, 5) is 25.3. The molecule has 0 aliphatic carbocycles. The van der Waals surface area contributed by atoms with Crippen LogP contribution in [0.25, 0.3) is 16.9 Å². The molecule has 0 aliphatic heterocycles. The molecule has 34 heavy (non-hydrogen) atoms. The van der Waals surface area contributed by atoms with Crippen LogP contribution in [0.4, 0.5) is 10.2 Å². The second kappa shape index (κ2) is 8.74. The first-order valence-corrected chi connectivity index (χ1v) is 10.6. The minimum absolute atomic E-state index is 0.0369. The molecule has 3 heterocycles. The Kier molecular flexibility index (Phi) is 5.46. The molecule has 5 aromatic rings. The number of halogens is 1. The number of imidazole rings is 1. The number of hydrogen-bond acceptors (Lipinski definition) is 6. The van der Waals surface area contributed by atoms with Crippen LogP contribution in [-0.2, 0) is 20.0 Å². The number of nitrogens with two attached hydrogens (primary N) is 1. The number of carbonyl (C=O) groups excluding carboxylic acids is 1. The van der Waals surface area contributed by atoms with E-state index in [1.807, 2.05) is 54.6 Å². The zero-order chi connectivity index (χ0) is 23.7. The standard InChI is InChI=1S/C24H21FN8O/c1-32-18(11-15-5-3-2-4-6-15)19(21(25)31-32)24(34)27-12-16-7-9-17(10-8-16)33-14-30-20-22(26)28-13-29-23(20)33/h2-10,13-14H,11-12H2,1H3,(H,27,34)(H2,26,28,29). The van der Waals surface area contributed by atoms with Crippen molar-refractivity contribution in [3.63, 3.8) is 0 Å². The van der Waals surface area contributed by atoms with E-state index in [1.165, 1.54) is 11.0 Å². The fourth-order valence-electron chi connectivity index (χ4n) is 3.83. The minimum atomic E-state index is -0.783. The molecular formula is C24H21FN8O. The molecule has 0 atom stereocenters. The van der Waals surface area contributed by atoms with Crippen LogP contribution < -0.4 is 11.1 Å². The number of benzene rings is 2. The molecule has 1 amide bonds. The lowest BCUT2D eigenvalue weighted by Gasteiger charge is -2.09. The van der Waals surface area contributed by atoms with Gasteiger partial charge < -0.3 is 11.1 Å². The van der Waals surface area contributed by atoms with Crippen LogP contribution in [0.5, 0.6) is 0 Å². The van der Waals surface area contributed by atoms with E-state index < -0.39 is 11.9 Å². The van der Waals surface area contributed by atoms with Gasteiger partial charge in [-0.05, 0) is 23.3 Å². The fraction of sp³-hybridized carbons (Fsp3) is 0.125. The first-order valence-electron chi connectivity index (χ1n) is 10.6. The predicted molar refractivity (Wildman–Crippen MR) is 125 cm³/mol. The van der Waals surface area contributed by atoms with E-state index in [0.29, 0.717) is 29.1 Å². The van der Waals surface area contributed by atoms with Gasteiger partial charge in [-0.3, -0.25) is 14.0 Å². The summed E-state index contributed by atoms with van der Waals surface area (Å²) in [6.07, 6.45) is 3.42. The number of carbonyl (C=O) groups is 1. The van der Waals surface area contributed by atoms with E-state index in [9.17, 15) is 9.18 Å². The number of nitrogens with one attached hydrogen (secondary N) is 1. The van der Waals surface area contributed by atoms with E-state index in [1.54, 1.807) is 17.9 Å². The van der Waals surface area contributed by atoms with Gasteiger partial charge in [0.2, 0.25) is 5.95 Å². The Balaban J connectivity index is 1.31. The molecule has 0 fully saturated rings. The van der Waals surface area contributed by atoms with E-state index in [4.69, 9.17) is 5.73 Å². The van der Waals surface area contributed by atoms with Crippen LogP contribution in [0.1, 0.15) is 27.2 Å². The number of nitrogens with zero attached hydrogens (tertiary/aromatic N) is 6. The minimum Gasteiger partial charge on any atom is -0.382 e. The number of hydrogen-bond donors (Lipinski definition) is 2. The summed E-state index contributed by atoms with van der Waals surface area (Å²) in [6, 6.07) is 17.1. The van der Waals surface area contributed by atoms with Gasteiger partial charge in [0, 0.05) is 25.7 Å². The molecule has 10 heteroatoms. The maximum absolute atomic E-state index is 14.5. The number of amides is 1. The summed E-state index contributed by atoms with van der Waals surface area (Å²) in [7, 11) is 1.63. The summed E-state index contributed by atoms with van der Waals surface area (Å²) in [6.45, 7) is 0.234. The topological polar surface area (TPSA) is 117 Å². The average Bonchev–Trinajstić information content (AvgIpc) is 3.40. The molecular weight excluding hydrogens is 435 g/mol. The van der Waals surface area contributed by atoms with E-state index in [0.717, 1.165) is 16.8 Å². The summed E-state index contributed by atoms with van der Waals surface area (Å²) in [5.41, 5.74) is 10.1. The first kappa shape index (κ1) is 21.3. The highest BCUT2D eigenvalue weighted by atomic mass is 19.1. The Labute approximate surface area is 194 Å². The third kappa shape index (κ3) is 3.96. The second-order valence-corrected chi connectivity index (χ2v) is 7.79. The summed E-state index contributed by atoms with van der Waals surface area (Å²) >= 11 is 0. The summed E-state index contributed by atoms with van der Waals surface area (Å²) < 4.78 is 17.7. The largest absolute Gasteiger partial charge is 0.382 e. The van der Waals surface area contributed by atoms with Crippen molar-refractivity contribution < 1.29 is 9.18 Å². The monoisotopic (exact) mass is 456 g/mol. The normalized spacial score (nSPS) is 11.1. The fourth-order valence-corrected chi connectivity index (χ4v) is 3.83. The lowest BCUT2D eigenvalue weighted by molar-refractivity contribution is 0.0946.